The SMILES string of the molecule is COCO[C@@]1(Cc2cc(C3=CCOCC3)ccn2)C(=O)N(COC)[C@H]1CC(C)C. The second-order valence-corrected chi connectivity index (χ2v) is 8.05. The number of amides is 1. The van der Waals surface area contributed by atoms with E-state index < -0.39 is 5.60 Å². The fourth-order valence-electron chi connectivity index (χ4n) is 4.16. The molecule has 3 rings (SSSR count). The van der Waals surface area contributed by atoms with Crippen LogP contribution in [-0.2, 0) is 30.2 Å². The molecule has 1 fully saturated rings. The molecule has 29 heavy (non-hydrogen) atoms. The van der Waals surface area contributed by atoms with Gasteiger partial charge in [0.25, 0.3) is 5.91 Å². The van der Waals surface area contributed by atoms with Gasteiger partial charge in [-0.25, -0.2) is 0 Å². The van der Waals surface area contributed by atoms with Gasteiger partial charge in [-0.15, -0.1) is 0 Å². The quantitative estimate of drug-likeness (QED) is 0.441. The van der Waals surface area contributed by atoms with E-state index in [9.17, 15) is 4.79 Å². The maximum absolute atomic E-state index is 13.2. The lowest BCUT2D eigenvalue weighted by molar-refractivity contribution is -0.235. The highest BCUT2D eigenvalue weighted by Crippen LogP contribution is 2.41. The van der Waals surface area contributed by atoms with Crippen LogP contribution in [0.25, 0.3) is 5.57 Å². The summed E-state index contributed by atoms with van der Waals surface area (Å²) in [5.41, 5.74) is 2.24. The first-order chi connectivity index (χ1) is 14.0. The number of hydrogen-bond acceptors (Lipinski definition) is 6. The highest BCUT2D eigenvalue weighted by atomic mass is 16.7. The maximum atomic E-state index is 13.2. The number of carbonyl (C=O) groups excluding carboxylic acids is 1. The monoisotopic (exact) mass is 404 g/mol. The summed E-state index contributed by atoms with van der Waals surface area (Å²) in [7, 11) is 3.17. The molecule has 1 saturated heterocycles. The Labute approximate surface area is 173 Å². The van der Waals surface area contributed by atoms with Crippen molar-refractivity contribution < 1.29 is 23.7 Å². The van der Waals surface area contributed by atoms with E-state index in [0.29, 0.717) is 18.9 Å². The first-order valence-electron chi connectivity index (χ1n) is 10.2. The average Bonchev–Trinajstić information content (AvgIpc) is 2.74. The lowest BCUT2D eigenvalue weighted by atomic mass is 9.74. The summed E-state index contributed by atoms with van der Waals surface area (Å²) in [6.45, 7) is 5.97. The van der Waals surface area contributed by atoms with E-state index in [1.807, 2.05) is 6.07 Å². The van der Waals surface area contributed by atoms with Crippen LogP contribution in [0.5, 0.6) is 0 Å². The van der Waals surface area contributed by atoms with Gasteiger partial charge in [-0.2, -0.15) is 0 Å². The zero-order valence-electron chi connectivity index (χ0n) is 17.8. The molecule has 7 heteroatoms. The number of aromatic nitrogens is 1. The van der Waals surface area contributed by atoms with Crippen molar-refractivity contribution in [1.29, 1.82) is 0 Å². The van der Waals surface area contributed by atoms with Crippen LogP contribution in [0.1, 0.15) is 37.9 Å². The largest absolute Gasteiger partial charge is 0.377 e. The van der Waals surface area contributed by atoms with Gasteiger partial charge in [0.1, 0.15) is 13.5 Å². The molecular weight excluding hydrogens is 372 g/mol. The predicted octanol–water partition coefficient (Wildman–Crippen LogP) is 2.65. The molecule has 1 aromatic heterocycles. The topological polar surface area (TPSA) is 70.1 Å². The smallest absolute Gasteiger partial charge is 0.259 e. The molecule has 7 nitrogen and oxygen atoms in total. The van der Waals surface area contributed by atoms with Crippen LogP contribution in [0, 0.1) is 5.92 Å². The van der Waals surface area contributed by atoms with Crippen molar-refractivity contribution in [2.75, 3.05) is 41.0 Å². The van der Waals surface area contributed by atoms with E-state index in [0.717, 1.165) is 30.7 Å². The molecule has 0 saturated carbocycles. The van der Waals surface area contributed by atoms with Gasteiger partial charge >= 0.3 is 0 Å². The van der Waals surface area contributed by atoms with E-state index in [2.05, 4.69) is 31.0 Å². The van der Waals surface area contributed by atoms with E-state index in [4.69, 9.17) is 18.9 Å². The second kappa shape index (κ2) is 9.80. The van der Waals surface area contributed by atoms with Crippen molar-refractivity contribution in [1.82, 2.24) is 9.88 Å². The fraction of sp³-hybridized carbons (Fsp3) is 0.636. The molecule has 2 aliphatic heterocycles. The fourth-order valence-corrected chi connectivity index (χ4v) is 4.16. The van der Waals surface area contributed by atoms with E-state index in [-0.39, 0.29) is 25.5 Å². The van der Waals surface area contributed by atoms with Crippen LogP contribution in [0.15, 0.2) is 24.4 Å². The minimum absolute atomic E-state index is 0.0589. The number of likely N-dealkylation sites (tertiary alicyclic amines) is 1. The number of ether oxygens (including phenoxy) is 4. The normalized spacial score (nSPS) is 24.6. The zero-order chi connectivity index (χ0) is 20.9. The van der Waals surface area contributed by atoms with Gasteiger partial charge in [-0.05, 0) is 42.0 Å². The first-order valence-corrected chi connectivity index (χ1v) is 10.2. The molecule has 0 aromatic carbocycles. The van der Waals surface area contributed by atoms with Crippen molar-refractivity contribution in [2.24, 2.45) is 5.92 Å². The number of nitrogens with zero attached hydrogens (tertiary/aromatic N) is 2. The molecule has 1 aromatic rings. The van der Waals surface area contributed by atoms with Crippen LogP contribution in [0.3, 0.4) is 0 Å². The Kier molecular flexibility index (Phi) is 7.40. The molecule has 0 unspecified atom stereocenters. The minimum atomic E-state index is -0.978. The van der Waals surface area contributed by atoms with Crippen molar-refractivity contribution in [3.8, 4) is 0 Å². The lowest BCUT2D eigenvalue weighted by Crippen LogP contribution is -2.76. The van der Waals surface area contributed by atoms with E-state index in [1.165, 1.54) is 5.57 Å². The summed E-state index contributed by atoms with van der Waals surface area (Å²) in [5.74, 6) is 0.337. The predicted molar refractivity (Wildman–Crippen MR) is 109 cm³/mol. The van der Waals surface area contributed by atoms with Gasteiger partial charge in [0.05, 0.1) is 19.3 Å². The number of hydrogen-bond donors (Lipinski definition) is 0. The van der Waals surface area contributed by atoms with E-state index >= 15 is 0 Å². The van der Waals surface area contributed by atoms with Crippen LogP contribution >= 0.6 is 0 Å². The molecule has 0 radical (unpaired) electrons. The molecule has 160 valence electrons. The standard InChI is InChI=1S/C22H32N2O5/c1-16(2)11-20-22(29-15-27-4,21(25)24(20)14-26-3)13-19-12-18(5-8-23-19)17-6-9-28-10-7-17/h5-6,8,12,16,20H,7,9-11,13-15H2,1-4H3/t20-,22+/m0/s1. The number of pyridine rings is 1. The molecule has 3 heterocycles. The Bertz CT molecular complexity index is 736. The summed E-state index contributed by atoms with van der Waals surface area (Å²) in [4.78, 5) is 19.5. The highest BCUT2D eigenvalue weighted by Gasteiger charge is 2.61. The van der Waals surface area contributed by atoms with Crippen molar-refractivity contribution in [3.05, 3.63) is 35.7 Å². The summed E-state index contributed by atoms with van der Waals surface area (Å²) < 4.78 is 21.9. The maximum Gasteiger partial charge on any atom is 0.259 e. The highest BCUT2D eigenvalue weighted by molar-refractivity contribution is 5.93. The Morgan fingerprint density at radius 3 is 2.83 bits per heavy atom. The van der Waals surface area contributed by atoms with Crippen molar-refractivity contribution in [2.45, 2.75) is 44.8 Å². The number of methoxy groups -OCH3 is 2. The van der Waals surface area contributed by atoms with Crippen LogP contribution < -0.4 is 0 Å². The molecule has 0 aliphatic carbocycles. The molecule has 0 spiro atoms. The summed E-state index contributed by atoms with van der Waals surface area (Å²) in [6, 6.07) is 3.99. The molecule has 0 bridgehead atoms. The van der Waals surface area contributed by atoms with Gasteiger partial charge in [0, 0.05) is 32.5 Å². The molecule has 0 N–H and O–H groups in total. The third-order valence-corrected chi connectivity index (χ3v) is 5.53. The summed E-state index contributed by atoms with van der Waals surface area (Å²) in [5, 5.41) is 0. The van der Waals surface area contributed by atoms with Crippen molar-refractivity contribution >= 4 is 11.5 Å². The second-order valence-electron chi connectivity index (χ2n) is 8.05. The van der Waals surface area contributed by atoms with Crippen LogP contribution in [-0.4, -0.2) is 68.4 Å². The minimum Gasteiger partial charge on any atom is -0.377 e. The van der Waals surface area contributed by atoms with Crippen LogP contribution in [0.2, 0.25) is 0 Å². The molecular formula is C22H32N2O5. The lowest BCUT2D eigenvalue weighted by Gasteiger charge is -2.55. The third kappa shape index (κ3) is 4.69. The van der Waals surface area contributed by atoms with Gasteiger partial charge in [-0.3, -0.25) is 9.78 Å². The third-order valence-electron chi connectivity index (χ3n) is 5.53. The van der Waals surface area contributed by atoms with Gasteiger partial charge < -0.3 is 23.8 Å². The molecule has 2 aliphatic rings. The van der Waals surface area contributed by atoms with Crippen molar-refractivity contribution in [3.63, 3.8) is 0 Å². The van der Waals surface area contributed by atoms with Crippen LogP contribution in [0.4, 0.5) is 0 Å². The Morgan fingerprint density at radius 1 is 1.34 bits per heavy atom. The Hall–Kier alpha value is -1.80. The van der Waals surface area contributed by atoms with Gasteiger partial charge in [0.15, 0.2) is 5.60 Å². The average molecular weight is 405 g/mol. The zero-order valence-corrected chi connectivity index (χ0v) is 17.8. The van der Waals surface area contributed by atoms with Gasteiger partial charge in [-0.1, -0.05) is 19.9 Å². The summed E-state index contributed by atoms with van der Waals surface area (Å²) >= 11 is 0. The number of carbonyl (C=O) groups is 1. The van der Waals surface area contributed by atoms with Gasteiger partial charge in [0.2, 0.25) is 0 Å². The molecule has 1 amide bonds. The number of β-lactam (4-membered cyclic amide) rings is 1. The molecule has 2 atom stereocenters. The number of rotatable bonds is 10. The Balaban J connectivity index is 1.88. The van der Waals surface area contributed by atoms with E-state index in [1.54, 1.807) is 25.3 Å². The summed E-state index contributed by atoms with van der Waals surface area (Å²) in [6.07, 6.45) is 6.02. The Morgan fingerprint density at radius 2 is 2.17 bits per heavy atom. The first kappa shape index (κ1) is 21.9.